The highest BCUT2D eigenvalue weighted by molar-refractivity contribution is 9.09. The minimum absolute atomic E-state index is 0.140. The van der Waals surface area contributed by atoms with E-state index >= 15 is 0 Å². The quantitative estimate of drug-likeness (QED) is 0.484. The van der Waals surface area contributed by atoms with E-state index in [1.807, 2.05) is 0 Å². The van der Waals surface area contributed by atoms with Gasteiger partial charge in [-0.1, -0.05) is 39.7 Å². The Bertz CT molecular complexity index is 382. The van der Waals surface area contributed by atoms with Crippen LogP contribution in [0, 0.1) is 5.92 Å². The third kappa shape index (κ3) is 3.78. The van der Waals surface area contributed by atoms with Crippen molar-refractivity contribution in [3.63, 3.8) is 0 Å². The third-order valence-corrected chi connectivity index (χ3v) is 3.50. The minimum Gasteiger partial charge on any atom is -0.170 e. The molecule has 0 aromatic heterocycles. The zero-order valence-corrected chi connectivity index (χ0v) is 10.8. The lowest BCUT2D eigenvalue weighted by Gasteiger charge is -2.27. The van der Waals surface area contributed by atoms with Crippen LogP contribution in [0.15, 0.2) is 24.3 Å². The van der Waals surface area contributed by atoms with Gasteiger partial charge < -0.3 is 0 Å². The summed E-state index contributed by atoms with van der Waals surface area (Å²) in [4.78, 5) is -1.91. The molecule has 1 atom stereocenters. The second-order valence-corrected chi connectivity index (χ2v) is 4.94. The van der Waals surface area contributed by atoms with E-state index in [9.17, 15) is 26.3 Å². The molecule has 0 saturated heterocycles. The molecule has 0 aliphatic rings. The number of hydrogen-bond acceptors (Lipinski definition) is 0. The molecule has 0 radical (unpaired) electrons. The Balaban J connectivity index is 3.11. The monoisotopic (exact) mass is 354 g/mol. The summed E-state index contributed by atoms with van der Waals surface area (Å²) in [6.45, 7) is 0. The summed E-state index contributed by atoms with van der Waals surface area (Å²) in [6, 6.07) is 4.70. The molecule has 0 fully saturated rings. The molecule has 18 heavy (non-hydrogen) atoms. The smallest absolute Gasteiger partial charge is 0.170 e. The molecular formula is C10H6BrClF6. The average molecular weight is 356 g/mol. The Morgan fingerprint density at radius 2 is 1.28 bits per heavy atom. The molecule has 0 saturated carbocycles. The summed E-state index contributed by atoms with van der Waals surface area (Å²) in [5.74, 6) is -3.47. The van der Waals surface area contributed by atoms with Crippen molar-refractivity contribution in [1.82, 2.24) is 0 Å². The highest BCUT2D eigenvalue weighted by Crippen LogP contribution is 2.50. The van der Waals surface area contributed by atoms with Crippen LogP contribution in [-0.4, -0.2) is 12.4 Å². The van der Waals surface area contributed by atoms with Gasteiger partial charge in [-0.05, 0) is 17.7 Å². The summed E-state index contributed by atoms with van der Waals surface area (Å²) in [5, 5.41) is 0.231. The Labute approximate surface area is 112 Å². The molecule has 1 unspecified atom stereocenters. The number of benzene rings is 1. The van der Waals surface area contributed by atoms with E-state index in [2.05, 4.69) is 15.9 Å². The lowest BCUT2D eigenvalue weighted by Crippen LogP contribution is -2.39. The van der Waals surface area contributed by atoms with Crippen LogP contribution in [0.1, 0.15) is 10.4 Å². The topological polar surface area (TPSA) is 0 Å². The standard InChI is InChI=1S/C10H6BrClF6/c11-7(5-1-3-6(12)4-2-5)8(9(13,14)15)10(16,17)18/h1-4,7-8H. The molecule has 1 aromatic rings. The SMILES string of the molecule is FC(F)(F)C(C(Br)c1ccc(Cl)cc1)C(F)(F)F. The Hall–Kier alpha value is -0.430. The van der Waals surface area contributed by atoms with Gasteiger partial charge in [-0.15, -0.1) is 0 Å². The Morgan fingerprint density at radius 1 is 0.889 bits per heavy atom. The first-order valence-electron chi connectivity index (χ1n) is 4.56. The Kier molecular flexibility index (Phi) is 4.59. The molecule has 102 valence electrons. The van der Waals surface area contributed by atoms with Gasteiger partial charge in [0.05, 0.1) is 4.83 Å². The maximum absolute atomic E-state index is 12.5. The van der Waals surface area contributed by atoms with Crippen LogP contribution >= 0.6 is 27.5 Å². The second-order valence-electron chi connectivity index (χ2n) is 3.51. The van der Waals surface area contributed by atoms with E-state index in [0.717, 1.165) is 12.1 Å². The predicted octanol–water partition coefficient (Wildman–Crippen LogP) is 5.52. The van der Waals surface area contributed by atoms with Crippen molar-refractivity contribution in [3.05, 3.63) is 34.9 Å². The zero-order valence-electron chi connectivity index (χ0n) is 8.49. The fourth-order valence-electron chi connectivity index (χ4n) is 1.36. The third-order valence-electron chi connectivity index (χ3n) is 2.19. The number of alkyl halides is 7. The molecular weight excluding hydrogens is 349 g/mol. The molecule has 0 aliphatic heterocycles. The van der Waals surface area contributed by atoms with Crippen LogP contribution in [-0.2, 0) is 0 Å². The van der Waals surface area contributed by atoms with Gasteiger partial charge in [0, 0.05) is 5.02 Å². The van der Waals surface area contributed by atoms with E-state index in [1.165, 1.54) is 12.1 Å². The largest absolute Gasteiger partial charge is 0.401 e. The lowest BCUT2D eigenvalue weighted by atomic mass is 9.98. The van der Waals surface area contributed by atoms with Crippen molar-refractivity contribution < 1.29 is 26.3 Å². The first kappa shape index (κ1) is 15.6. The number of rotatable bonds is 2. The van der Waals surface area contributed by atoms with Crippen molar-refractivity contribution >= 4 is 27.5 Å². The van der Waals surface area contributed by atoms with Gasteiger partial charge in [0.2, 0.25) is 0 Å². The maximum atomic E-state index is 12.5. The molecule has 0 amide bonds. The minimum atomic E-state index is -5.38. The number of halogens is 8. The van der Waals surface area contributed by atoms with Crippen LogP contribution in [0.3, 0.4) is 0 Å². The average Bonchev–Trinajstić information content (AvgIpc) is 2.13. The summed E-state index contributed by atoms with van der Waals surface area (Å²) in [7, 11) is 0. The van der Waals surface area contributed by atoms with Gasteiger partial charge in [-0.2, -0.15) is 26.3 Å². The fourth-order valence-corrected chi connectivity index (χ4v) is 2.39. The molecule has 0 aliphatic carbocycles. The molecule has 0 heterocycles. The molecule has 0 bridgehead atoms. The van der Waals surface area contributed by atoms with Crippen LogP contribution in [0.4, 0.5) is 26.3 Å². The van der Waals surface area contributed by atoms with Crippen LogP contribution in [0.2, 0.25) is 5.02 Å². The van der Waals surface area contributed by atoms with Gasteiger partial charge in [0.25, 0.3) is 0 Å². The molecule has 8 heteroatoms. The van der Waals surface area contributed by atoms with Gasteiger partial charge in [0.15, 0.2) is 5.92 Å². The van der Waals surface area contributed by atoms with Crippen molar-refractivity contribution in [3.8, 4) is 0 Å². The molecule has 1 aromatic carbocycles. The first-order valence-corrected chi connectivity index (χ1v) is 5.86. The highest BCUT2D eigenvalue weighted by Gasteiger charge is 2.59. The van der Waals surface area contributed by atoms with Crippen molar-refractivity contribution in [1.29, 1.82) is 0 Å². The van der Waals surface area contributed by atoms with E-state index in [-0.39, 0.29) is 10.6 Å². The van der Waals surface area contributed by atoms with Gasteiger partial charge in [0.1, 0.15) is 0 Å². The predicted molar refractivity (Wildman–Crippen MR) is 58.7 cm³/mol. The summed E-state index contributed by atoms with van der Waals surface area (Å²) in [6.07, 6.45) is -10.8. The lowest BCUT2D eigenvalue weighted by molar-refractivity contribution is -0.283. The first-order chi connectivity index (χ1) is 8.03. The van der Waals surface area contributed by atoms with E-state index in [4.69, 9.17) is 11.6 Å². The molecule has 0 spiro atoms. The van der Waals surface area contributed by atoms with Gasteiger partial charge >= 0.3 is 12.4 Å². The van der Waals surface area contributed by atoms with Crippen LogP contribution in [0.25, 0.3) is 0 Å². The maximum Gasteiger partial charge on any atom is 0.401 e. The zero-order chi connectivity index (χ0) is 14.1. The van der Waals surface area contributed by atoms with Crippen molar-refractivity contribution in [2.75, 3.05) is 0 Å². The van der Waals surface area contributed by atoms with Crippen molar-refractivity contribution in [2.24, 2.45) is 5.92 Å². The normalized spacial score (nSPS) is 14.9. The van der Waals surface area contributed by atoms with Gasteiger partial charge in [-0.3, -0.25) is 0 Å². The number of hydrogen-bond donors (Lipinski definition) is 0. The second kappa shape index (κ2) is 5.28. The van der Waals surface area contributed by atoms with Crippen LogP contribution < -0.4 is 0 Å². The fraction of sp³-hybridized carbons (Fsp3) is 0.400. The van der Waals surface area contributed by atoms with Gasteiger partial charge in [-0.25, -0.2) is 0 Å². The molecule has 1 rings (SSSR count). The van der Waals surface area contributed by atoms with Crippen LogP contribution in [0.5, 0.6) is 0 Å². The van der Waals surface area contributed by atoms with E-state index in [1.54, 1.807) is 0 Å². The Morgan fingerprint density at radius 3 is 1.61 bits per heavy atom. The van der Waals surface area contributed by atoms with E-state index < -0.39 is 23.1 Å². The molecule has 0 nitrogen and oxygen atoms in total. The summed E-state index contributed by atoms with van der Waals surface area (Å²) in [5.41, 5.74) is -0.140. The highest BCUT2D eigenvalue weighted by atomic mass is 79.9. The summed E-state index contributed by atoms with van der Waals surface area (Å²) < 4.78 is 74.7. The molecule has 0 N–H and O–H groups in total. The van der Waals surface area contributed by atoms with Crippen molar-refractivity contribution in [2.45, 2.75) is 17.2 Å². The summed E-state index contributed by atoms with van der Waals surface area (Å²) >= 11 is 7.98. The van der Waals surface area contributed by atoms with E-state index in [0.29, 0.717) is 0 Å².